The van der Waals surface area contributed by atoms with Crippen LogP contribution in [0.5, 0.6) is 0 Å². The first-order chi connectivity index (χ1) is 8.05. The van der Waals surface area contributed by atoms with Crippen LogP contribution < -0.4 is 5.32 Å². The lowest BCUT2D eigenvalue weighted by molar-refractivity contribution is 0.193. The second kappa shape index (κ2) is 7.09. The maximum atomic E-state index is 5.02. The van der Waals surface area contributed by atoms with E-state index in [0.717, 1.165) is 26.1 Å². The number of ether oxygens (including phenoxy) is 1. The fourth-order valence-corrected chi connectivity index (χ4v) is 2.49. The van der Waals surface area contributed by atoms with E-state index >= 15 is 0 Å². The summed E-state index contributed by atoms with van der Waals surface area (Å²) >= 11 is 1.77. The zero-order valence-corrected chi connectivity index (χ0v) is 12.2. The van der Waals surface area contributed by atoms with E-state index in [9.17, 15) is 0 Å². The van der Waals surface area contributed by atoms with Crippen molar-refractivity contribution in [1.82, 2.24) is 10.3 Å². The van der Waals surface area contributed by atoms with Crippen LogP contribution in [0.4, 0.5) is 0 Å². The number of nitrogens with zero attached hydrogens (tertiary/aromatic N) is 1. The lowest BCUT2D eigenvalue weighted by Crippen LogP contribution is -2.31. The van der Waals surface area contributed by atoms with E-state index in [1.807, 2.05) is 5.51 Å². The summed E-state index contributed by atoms with van der Waals surface area (Å²) < 4.78 is 5.02. The molecule has 0 aliphatic heterocycles. The summed E-state index contributed by atoms with van der Waals surface area (Å²) in [5.41, 5.74) is 3.46. The first-order valence-corrected chi connectivity index (χ1v) is 7.02. The van der Waals surface area contributed by atoms with Crippen molar-refractivity contribution in [3.63, 3.8) is 0 Å². The Morgan fingerprint density at radius 1 is 1.47 bits per heavy atom. The standard InChI is InChI=1S/C13H24N2OS/c1-11-12(17-10-15-11)5-6-13(2,3)9-14-7-8-16-4/h10,14H,5-9H2,1-4H3. The third-order valence-electron chi connectivity index (χ3n) is 2.96. The normalized spacial score (nSPS) is 12.0. The Balaban J connectivity index is 2.26. The number of methoxy groups -OCH3 is 1. The summed E-state index contributed by atoms with van der Waals surface area (Å²) in [5, 5.41) is 3.43. The van der Waals surface area contributed by atoms with Gasteiger partial charge in [0.05, 0.1) is 17.8 Å². The van der Waals surface area contributed by atoms with Gasteiger partial charge in [0.15, 0.2) is 0 Å². The van der Waals surface area contributed by atoms with Crippen LogP contribution in [0.2, 0.25) is 0 Å². The molecule has 0 spiro atoms. The number of hydrogen-bond donors (Lipinski definition) is 1. The zero-order valence-electron chi connectivity index (χ0n) is 11.4. The second-order valence-corrected chi connectivity index (χ2v) is 6.13. The van der Waals surface area contributed by atoms with Gasteiger partial charge >= 0.3 is 0 Å². The van der Waals surface area contributed by atoms with E-state index in [-0.39, 0.29) is 0 Å². The van der Waals surface area contributed by atoms with Gasteiger partial charge in [0.2, 0.25) is 0 Å². The Kier molecular flexibility index (Phi) is 6.09. The SMILES string of the molecule is COCCNCC(C)(C)CCc1scnc1C. The molecule has 0 fully saturated rings. The molecular weight excluding hydrogens is 232 g/mol. The van der Waals surface area contributed by atoms with Crippen LogP contribution in [-0.4, -0.2) is 31.8 Å². The Morgan fingerprint density at radius 3 is 2.82 bits per heavy atom. The van der Waals surface area contributed by atoms with Gasteiger partial charge in [-0.15, -0.1) is 11.3 Å². The number of rotatable bonds is 8. The highest BCUT2D eigenvalue weighted by Gasteiger charge is 2.18. The van der Waals surface area contributed by atoms with Crippen molar-refractivity contribution in [2.75, 3.05) is 26.8 Å². The van der Waals surface area contributed by atoms with Crippen LogP contribution in [0.25, 0.3) is 0 Å². The minimum atomic E-state index is 0.324. The van der Waals surface area contributed by atoms with Crippen LogP contribution in [0, 0.1) is 12.3 Å². The monoisotopic (exact) mass is 256 g/mol. The van der Waals surface area contributed by atoms with Gasteiger partial charge < -0.3 is 10.1 Å². The number of aromatic nitrogens is 1. The van der Waals surface area contributed by atoms with E-state index in [1.54, 1.807) is 18.4 Å². The molecule has 1 rings (SSSR count). The number of hydrogen-bond acceptors (Lipinski definition) is 4. The lowest BCUT2D eigenvalue weighted by Gasteiger charge is -2.24. The lowest BCUT2D eigenvalue weighted by atomic mass is 9.87. The van der Waals surface area contributed by atoms with Gasteiger partial charge in [-0.1, -0.05) is 13.8 Å². The Hall–Kier alpha value is -0.450. The first kappa shape index (κ1) is 14.6. The molecule has 17 heavy (non-hydrogen) atoms. The smallest absolute Gasteiger partial charge is 0.0797 e. The molecule has 3 nitrogen and oxygen atoms in total. The van der Waals surface area contributed by atoms with Crippen LogP contribution in [0.3, 0.4) is 0 Å². The first-order valence-electron chi connectivity index (χ1n) is 6.14. The molecule has 1 aromatic rings. The van der Waals surface area contributed by atoms with Crippen molar-refractivity contribution in [3.05, 3.63) is 16.1 Å². The van der Waals surface area contributed by atoms with Crippen molar-refractivity contribution < 1.29 is 4.74 Å². The van der Waals surface area contributed by atoms with E-state index < -0.39 is 0 Å². The third-order valence-corrected chi connectivity index (χ3v) is 3.96. The molecule has 0 radical (unpaired) electrons. The van der Waals surface area contributed by atoms with Crippen molar-refractivity contribution in [2.45, 2.75) is 33.6 Å². The van der Waals surface area contributed by atoms with E-state index in [4.69, 9.17) is 4.74 Å². The van der Waals surface area contributed by atoms with Gasteiger partial charge in [-0.3, -0.25) is 0 Å². The van der Waals surface area contributed by atoms with Crippen molar-refractivity contribution in [1.29, 1.82) is 0 Å². The largest absolute Gasteiger partial charge is 0.383 e. The molecule has 0 aromatic carbocycles. The van der Waals surface area contributed by atoms with Gasteiger partial charge in [-0.05, 0) is 25.2 Å². The average molecular weight is 256 g/mol. The Bertz CT molecular complexity index is 323. The number of aryl methyl sites for hydroxylation is 2. The molecule has 0 aliphatic carbocycles. The van der Waals surface area contributed by atoms with Crippen LogP contribution in [0.15, 0.2) is 5.51 Å². The molecule has 4 heteroatoms. The molecular formula is C13H24N2OS. The molecule has 0 aliphatic rings. The molecule has 0 saturated heterocycles. The molecule has 0 bridgehead atoms. The number of nitrogens with one attached hydrogen (secondary N) is 1. The van der Waals surface area contributed by atoms with E-state index in [0.29, 0.717) is 5.41 Å². The maximum absolute atomic E-state index is 5.02. The Morgan fingerprint density at radius 2 is 2.24 bits per heavy atom. The molecule has 1 aromatic heterocycles. The topological polar surface area (TPSA) is 34.1 Å². The molecule has 0 amide bonds. The molecule has 1 N–H and O–H groups in total. The second-order valence-electron chi connectivity index (χ2n) is 5.19. The predicted octanol–water partition coefficient (Wildman–Crippen LogP) is 2.65. The molecule has 98 valence electrons. The highest BCUT2D eigenvalue weighted by Crippen LogP contribution is 2.24. The molecule has 1 heterocycles. The summed E-state index contributed by atoms with van der Waals surface area (Å²) in [6.07, 6.45) is 2.32. The highest BCUT2D eigenvalue weighted by molar-refractivity contribution is 7.09. The zero-order chi connectivity index (χ0) is 12.7. The van der Waals surface area contributed by atoms with E-state index in [2.05, 4.69) is 31.1 Å². The molecule has 0 unspecified atom stereocenters. The van der Waals surface area contributed by atoms with Gasteiger partial charge in [-0.25, -0.2) is 4.98 Å². The highest BCUT2D eigenvalue weighted by atomic mass is 32.1. The van der Waals surface area contributed by atoms with Gasteiger partial charge in [0.1, 0.15) is 0 Å². The quantitative estimate of drug-likeness (QED) is 0.726. The molecule has 0 atom stereocenters. The number of thiazole rings is 1. The summed E-state index contributed by atoms with van der Waals surface area (Å²) in [6, 6.07) is 0. The van der Waals surface area contributed by atoms with Crippen LogP contribution in [0.1, 0.15) is 30.8 Å². The summed E-state index contributed by atoms with van der Waals surface area (Å²) in [6.45, 7) is 9.46. The minimum absolute atomic E-state index is 0.324. The van der Waals surface area contributed by atoms with Crippen molar-refractivity contribution in [3.8, 4) is 0 Å². The average Bonchev–Trinajstić information content (AvgIpc) is 2.68. The van der Waals surface area contributed by atoms with Crippen LogP contribution in [-0.2, 0) is 11.2 Å². The maximum Gasteiger partial charge on any atom is 0.0797 e. The van der Waals surface area contributed by atoms with E-state index in [1.165, 1.54) is 17.0 Å². The van der Waals surface area contributed by atoms with Gasteiger partial charge in [0, 0.05) is 25.1 Å². The van der Waals surface area contributed by atoms with Crippen LogP contribution >= 0.6 is 11.3 Å². The van der Waals surface area contributed by atoms with Gasteiger partial charge in [-0.2, -0.15) is 0 Å². The fraction of sp³-hybridized carbons (Fsp3) is 0.769. The fourth-order valence-electron chi connectivity index (χ4n) is 1.71. The van der Waals surface area contributed by atoms with Gasteiger partial charge in [0.25, 0.3) is 0 Å². The summed E-state index contributed by atoms with van der Waals surface area (Å²) in [5.74, 6) is 0. The summed E-state index contributed by atoms with van der Waals surface area (Å²) in [4.78, 5) is 5.72. The van der Waals surface area contributed by atoms with Crippen molar-refractivity contribution >= 4 is 11.3 Å². The van der Waals surface area contributed by atoms with Crippen molar-refractivity contribution in [2.24, 2.45) is 5.41 Å². The molecule has 0 saturated carbocycles. The third kappa shape index (κ3) is 5.61. The minimum Gasteiger partial charge on any atom is -0.383 e. The predicted molar refractivity (Wildman–Crippen MR) is 73.7 cm³/mol. The summed E-state index contributed by atoms with van der Waals surface area (Å²) in [7, 11) is 1.74. The Labute approximate surface area is 109 Å².